The number of fused-ring (bicyclic) bond motifs is 3. The summed E-state index contributed by atoms with van der Waals surface area (Å²) in [7, 11) is 1.54. The lowest BCUT2D eigenvalue weighted by atomic mass is 9.98. The lowest BCUT2D eigenvalue weighted by Gasteiger charge is -2.20. The van der Waals surface area contributed by atoms with E-state index in [1.165, 1.54) is 7.11 Å². The smallest absolute Gasteiger partial charge is 0.407 e. The SMILES string of the molecule is CCC(CNC(=O)OCC1c2ccccc2-c2ccccc21)C(=O)NC(CCCOC)C(=O)O. The summed E-state index contributed by atoms with van der Waals surface area (Å²) in [6, 6.07) is 15.2. The van der Waals surface area contributed by atoms with Crippen molar-refractivity contribution in [1.29, 1.82) is 0 Å². The molecular formula is C26H32N2O6. The highest BCUT2D eigenvalue weighted by Crippen LogP contribution is 2.44. The summed E-state index contributed by atoms with van der Waals surface area (Å²) in [6.07, 6.45) is 0.621. The van der Waals surface area contributed by atoms with Crippen LogP contribution in [0.15, 0.2) is 48.5 Å². The zero-order valence-corrected chi connectivity index (χ0v) is 19.6. The normalized spacial score (nSPS) is 13.9. The van der Waals surface area contributed by atoms with E-state index in [0.717, 1.165) is 22.3 Å². The molecule has 0 saturated heterocycles. The maximum absolute atomic E-state index is 12.6. The van der Waals surface area contributed by atoms with Crippen LogP contribution in [0.5, 0.6) is 0 Å². The van der Waals surface area contributed by atoms with E-state index in [4.69, 9.17) is 9.47 Å². The molecule has 3 rings (SSSR count). The van der Waals surface area contributed by atoms with Gasteiger partial charge in [0.1, 0.15) is 12.6 Å². The summed E-state index contributed by atoms with van der Waals surface area (Å²) in [5.74, 6) is -2.12. The number of nitrogens with one attached hydrogen (secondary N) is 2. The Hall–Kier alpha value is -3.39. The first kappa shape index (κ1) is 25.2. The molecule has 3 N–H and O–H groups in total. The zero-order valence-electron chi connectivity index (χ0n) is 19.6. The maximum atomic E-state index is 12.6. The molecule has 0 heterocycles. The number of carboxylic acids is 1. The van der Waals surface area contributed by atoms with Gasteiger partial charge in [-0.05, 0) is 41.5 Å². The van der Waals surface area contributed by atoms with Crippen LogP contribution < -0.4 is 10.6 Å². The maximum Gasteiger partial charge on any atom is 0.407 e. The van der Waals surface area contributed by atoms with Crippen molar-refractivity contribution < 1.29 is 29.0 Å². The van der Waals surface area contributed by atoms with Crippen LogP contribution in [-0.4, -0.2) is 56.0 Å². The molecule has 0 spiro atoms. The molecule has 0 aliphatic heterocycles. The van der Waals surface area contributed by atoms with E-state index >= 15 is 0 Å². The highest BCUT2D eigenvalue weighted by Gasteiger charge is 2.29. The number of hydrogen-bond donors (Lipinski definition) is 3. The fraction of sp³-hybridized carbons (Fsp3) is 0.423. The van der Waals surface area contributed by atoms with E-state index in [1.807, 2.05) is 43.3 Å². The molecule has 2 atom stereocenters. The zero-order chi connectivity index (χ0) is 24.5. The molecule has 0 bridgehead atoms. The van der Waals surface area contributed by atoms with Crippen molar-refractivity contribution >= 4 is 18.0 Å². The van der Waals surface area contributed by atoms with Gasteiger partial charge >= 0.3 is 12.1 Å². The lowest BCUT2D eigenvalue weighted by Crippen LogP contribution is -2.46. The van der Waals surface area contributed by atoms with Crippen molar-refractivity contribution in [1.82, 2.24) is 10.6 Å². The number of carboxylic acid groups (broad SMARTS) is 1. The number of hydrogen-bond acceptors (Lipinski definition) is 5. The predicted molar refractivity (Wildman–Crippen MR) is 128 cm³/mol. The molecule has 8 nitrogen and oxygen atoms in total. The molecule has 0 radical (unpaired) electrons. The number of aliphatic carboxylic acids is 1. The Balaban J connectivity index is 1.52. The highest BCUT2D eigenvalue weighted by molar-refractivity contribution is 5.85. The van der Waals surface area contributed by atoms with Gasteiger partial charge in [-0.25, -0.2) is 9.59 Å². The molecule has 8 heteroatoms. The Morgan fingerprint density at radius 3 is 2.21 bits per heavy atom. The molecule has 182 valence electrons. The van der Waals surface area contributed by atoms with Crippen LogP contribution in [0.3, 0.4) is 0 Å². The Morgan fingerprint density at radius 1 is 1.03 bits per heavy atom. The summed E-state index contributed by atoms with van der Waals surface area (Å²) >= 11 is 0. The van der Waals surface area contributed by atoms with E-state index < -0.39 is 29.9 Å². The third kappa shape index (κ3) is 6.14. The second-order valence-electron chi connectivity index (χ2n) is 8.35. The molecule has 34 heavy (non-hydrogen) atoms. The molecule has 0 aromatic heterocycles. The van der Waals surface area contributed by atoms with Gasteiger partial charge in [0, 0.05) is 26.2 Å². The van der Waals surface area contributed by atoms with Crippen molar-refractivity contribution in [2.24, 2.45) is 5.92 Å². The number of ether oxygens (including phenoxy) is 2. The van der Waals surface area contributed by atoms with Crippen LogP contribution >= 0.6 is 0 Å². The van der Waals surface area contributed by atoms with Gasteiger partial charge in [0.15, 0.2) is 0 Å². The van der Waals surface area contributed by atoms with Crippen LogP contribution in [0.4, 0.5) is 4.79 Å². The Kier molecular flexibility index (Phi) is 9.04. The molecule has 2 amide bonds. The van der Waals surface area contributed by atoms with Crippen LogP contribution in [0, 0.1) is 5.92 Å². The predicted octanol–water partition coefficient (Wildman–Crippen LogP) is 3.55. The second kappa shape index (κ2) is 12.2. The number of methoxy groups -OCH3 is 1. The van der Waals surface area contributed by atoms with E-state index in [9.17, 15) is 19.5 Å². The fourth-order valence-electron chi connectivity index (χ4n) is 4.26. The average Bonchev–Trinajstić information content (AvgIpc) is 3.16. The van der Waals surface area contributed by atoms with Gasteiger partial charge in [0.25, 0.3) is 0 Å². The van der Waals surface area contributed by atoms with E-state index in [0.29, 0.717) is 19.4 Å². The quantitative estimate of drug-likeness (QED) is 0.411. The molecule has 2 unspecified atom stereocenters. The molecule has 1 aliphatic rings. The third-order valence-electron chi connectivity index (χ3n) is 6.16. The number of carbonyl (C=O) groups is 3. The first-order chi connectivity index (χ1) is 16.5. The van der Waals surface area contributed by atoms with Crippen LogP contribution in [0.2, 0.25) is 0 Å². The summed E-state index contributed by atoms with van der Waals surface area (Å²) < 4.78 is 10.5. The molecule has 2 aromatic carbocycles. The Morgan fingerprint density at radius 2 is 1.65 bits per heavy atom. The minimum absolute atomic E-state index is 0.0492. The van der Waals surface area contributed by atoms with Gasteiger partial charge in [-0.1, -0.05) is 55.5 Å². The number of amides is 2. The van der Waals surface area contributed by atoms with Crippen molar-refractivity contribution in [3.05, 3.63) is 59.7 Å². The van der Waals surface area contributed by atoms with Gasteiger partial charge in [0.05, 0.1) is 5.92 Å². The number of alkyl carbamates (subject to hydrolysis) is 1. The fourth-order valence-corrected chi connectivity index (χ4v) is 4.26. The van der Waals surface area contributed by atoms with Crippen molar-refractivity contribution in [2.75, 3.05) is 26.9 Å². The second-order valence-corrected chi connectivity index (χ2v) is 8.35. The van der Waals surface area contributed by atoms with Crippen LogP contribution in [0.25, 0.3) is 11.1 Å². The van der Waals surface area contributed by atoms with E-state index in [2.05, 4.69) is 22.8 Å². The van der Waals surface area contributed by atoms with Gasteiger partial charge in [0.2, 0.25) is 5.91 Å². The topological polar surface area (TPSA) is 114 Å². The van der Waals surface area contributed by atoms with Gasteiger partial charge in [-0.3, -0.25) is 4.79 Å². The van der Waals surface area contributed by atoms with Crippen molar-refractivity contribution in [3.63, 3.8) is 0 Å². The van der Waals surface area contributed by atoms with Crippen LogP contribution in [-0.2, 0) is 19.1 Å². The summed E-state index contributed by atoms with van der Waals surface area (Å²) in [5, 5.41) is 14.6. The molecular weight excluding hydrogens is 436 g/mol. The van der Waals surface area contributed by atoms with Crippen molar-refractivity contribution in [3.8, 4) is 11.1 Å². The lowest BCUT2D eigenvalue weighted by molar-refractivity contribution is -0.142. The molecule has 1 aliphatic carbocycles. The minimum Gasteiger partial charge on any atom is -0.480 e. The largest absolute Gasteiger partial charge is 0.480 e. The molecule has 2 aromatic rings. The standard InChI is InChI=1S/C26H32N2O6/c1-3-17(24(29)28-23(25(30)31)13-8-14-33-2)15-27-26(32)34-16-22-20-11-6-4-9-18(20)19-10-5-7-12-21(19)22/h4-7,9-12,17,22-23H,3,8,13-16H2,1-2H3,(H,27,32)(H,28,29)(H,30,31). The van der Waals surface area contributed by atoms with Crippen LogP contribution in [0.1, 0.15) is 43.2 Å². The highest BCUT2D eigenvalue weighted by atomic mass is 16.5. The molecule has 0 saturated carbocycles. The van der Waals surface area contributed by atoms with E-state index in [-0.39, 0.29) is 25.5 Å². The minimum atomic E-state index is -1.09. The van der Waals surface area contributed by atoms with Crippen molar-refractivity contribution in [2.45, 2.75) is 38.1 Å². The number of carbonyl (C=O) groups excluding carboxylic acids is 2. The van der Waals surface area contributed by atoms with Gasteiger partial charge in [-0.15, -0.1) is 0 Å². The monoisotopic (exact) mass is 468 g/mol. The summed E-state index contributed by atoms with van der Waals surface area (Å²) in [6.45, 7) is 2.47. The Bertz CT molecular complexity index is 963. The number of rotatable bonds is 12. The van der Waals surface area contributed by atoms with Gasteiger partial charge in [-0.2, -0.15) is 0 Å². The summed E-state index contributed by atoms with van der Waals surface area (Å²) in [4.78, 5) is 36.4. The first-order valence-electron chi connectivity index (χ1n) is 11.6. The summed E-state index contributed by atoms with van der Waals surface area (Å²) in [5.41, 5.74) is 4.53. The Labute approximate surface area is 199 Å². The first-order valence-corrected chi connectivity index (χ1v) is 11.6. The van der Waals surface area contributed by atoms with E-state index in [1.54, 1.807) is 0 Å². The van der Waals surface area contributed by atoms with Gasteiger partial charge < -0.3 is 25.2 Å². The number of benzene rings is 2. The molecule has 0 fully saturated rings. The third-order valence-corrected chi connectivity index (χ3v) is 6.16. The average molecular weight is 469 g/mol.